The summed E-state index contributed by atoms with van der Waals surface area (Å²) in [4.78, 5) is 4.48. The van der Waals surface area contributed by atoms with Crippen LogP contribution in [0.2, 0.25) is 0 Å². The molecular formula is C15H22N4O. The van der Waals surface area contributed by atoms with Gasteiger partial charge in [0.25, 0.3) is 0 Å². The van der Waals surface area contributed by atoms with E-state index in [1.807, 2.05) is 23.9 Å². The van der Waals surface area contributed by atoms with Gasteiger partial charge in [0.2, 0.25) is 5.88 Å². The van der Waals surface area contributed by atoms with E-state index < -0.39 is 0 Å². The van der Waals surface area contributed by atoms with Gasteiger partial charge in [-0.25, -0.2) is 4.98 Å². The molecule has 2 aromatic heterocycles. The number of nitrogens with one attached hydrogen (secondary N) is 1. The van der Waals surface area contributed by atoms with Crippen molar-refractivity contribution >= 4 is 0 Å². The molecule has 0 amide bonds. The lowest BCUT2D eigenvalue weighted by molar-refractivity contribution is 0.459. The molecule has 108 valence electrons. The second-order valence-electron chi connectivity index (χ2n) is 4.72. The topological polar surface area (TPSA) is 52.0 Å². The van der Waals surface area contributed by atoms with Crippen molar-refractivity contribution in [2.45, 2.75) is 40.3 Å². The predicted octanol–water partition coefficient (Wildman–Crippen LogP) is 2.90. The lowest BCUT2D eigenvalue weighted by Crippen LogP contribution is -2.13. The quantitative estimate of drug-likeness (QED) is 0.843. The SMILES string of the molecule is CCCn1cc(Oc2ccc(CNCC)c(C)n2)cn1. The van der Waals surface area contributed by atoms with Gasteiger partial charge in [-0.3, -0.25) is 4.68 Å². The molecular weight excluding hydrogens is 252 g/mol. The third-order valence-corrected chi connectivity index (χ3v) is 3.02. The predicted molar refractivity (Wildman–Crippen MR) is 78.9 cm³/mol. The Morgan fingerprint density at radius 2 is 2.15 bits per heavy atom. The maximum Gasteiger partial charge on any atom is 0.219 e. The standard InChI is InChI=1S/C15H22N4O/c1-4-8-19-11-14(10-17-19)20-15-7-6-13(9-16-5-2)12(3)18-15/h6-7,10-11,16H,4-5,8-9H2,1-3H3. The molecule has 0 atom stereocenters. The van der Waals surface area contributed by atoms with E-state index in [4.69, 9.17) is 4.74 Å². The monoisotopic (exact) mass is 274 g/mol. The summed E-state index contributed by atoms with van der Waals surface area (Å²) in [5.74, 6) is 1.34. The van der Waals surface area contributed by atoms with Crippen LogP contribution in [0.4, 0.5) is 0 Å². The first-order valence-electron chi connectivity index (χ1n) is 7.10. The largest absolute Gasteiger partial charge is 0.436 e. The number of pyridine rings is 1. The van der Waals surface area contributed by atoms with Crippen molar-refractivity contribution in [3.05, 3.63) is 35.8 Å². The zero-order valence-electron chi connectivity index (χ0n) is 12.4. The molecule has 0 saturated carbocycles. The van der Waals surface area contributed by atoms with Crippen LogP contribution in [0, 0.1) is 6.92 Å². The molecule has 5 nitrogen and oxygen atoms in total. The van der Waals surface area contributed by atoms with Crippen molar-refractivity contribution in [2.75, 3.05) is 6.54 Å². The number of ether oxygens (including phenoxy) is 1. The van der Waals surface area contributed by atoms with Crippen LogP contribution >= 0.6 is 0 Å². The number of aromatic nitrogens is 3. The summed E-state index contributed by atoms with van der Waals surface area (Å²) in [6.45, 7) is 8.90. The van der Waals surface area contributed by atoms with Gasteiger partial charge in [0.1, 0.15) is 0 Å². The highest BCUT2D eigenvalue weighted by Gasteiger charge is 2.05. The van der Waals surface area contributed by atoms with Gasteiger partial charge in [-0.2, -0.15) is 5.10 Å². The van der Waals surface area contributed by atoms with Crippen LogP contribution < -0.4 is 10.1 Å². The van der Waals surface area contributed by atoms with Crippen molar-refractivity contribution in [1.29, 1.82) is 0 Å². The summed E-state index contributed by atoms with van der Waals surface area (Å²) in [6.07, 6.45) is 4.67. The van der Waals surface area contributed by atoms with E-state index in [-0.39, 0.29) is 0 Å². The molecule has 0 aliphatic carbocycles. The van der Waals surface area contributed by atoms with Crippen LogP contribution in [0.3, 0.4) is 0 Å². The van der Waals surface area contributed by atoms with E-state index in [0.717, 1.165) is 37.5 Å². The van der Waals surface area contributed by atoms with E-state index in [1.165, 1.54) is 5.56 Å². The van der Waals surface area contributed by atoms with E-state index >= 15 is 0 Å². The zero-order chi connectivity index (χ0) is 14.4. The third-order valence-electron chi connectivity index (χ3n) is 3.02. The van der Waals surface area contributed by atoms with E-state index in [2.05, 4.69) is 35.3 Å². The van der Waals surface area contributed by atoms with Gasteiger partial charge in [0.15, 0.2) is 5.75 Å². The van der Waals surface area contributed by atoms with Crippen LogP contribution in [0.1, 0.15) is 31.5 Å². The first-order chi connectivity index (χ1) is 9.72. The maximum atomic E-state index is 5.73. The highest BCUT2D eigenvalue weighted by Crippen LogP contribution is 2.20. The van der Waals surface area contributed by atoms with Gasteiger partial charge in [-0.1, -0.05) is 19.9 Å². The first-order valence-corrected chi connectivity index (χ1v) is 7.10. The molecule has 0 aliphatic heterocycles. The Morgan fingerprint density at radius 1 is 1.30 bits per heavy atom. The Balaban J connectivity index is 2.03. The number of aryl methyl sites for hydroxylation is 2. The molecule has 1 N–H and O–H groups in total. The van der Waals surface area contributed by atoms with Gasteiger partial charge < -0.3 is 10.1 Å². The van der Waals surface area contributed by atoms with Crippen molar-refractivity contribution in [2.24, 2.45) is 0 Å². The molecule has 0 bridgehead atoms. The fraction of sp³-hybridized carbons (Fsp3) is 0.467. The summed E-state index contributed by atoms with van der Waals surface area (Å²) in [6, 6.07) is 3.95. The molecule has 0 spiro atoms. The van der Waals surface area contributed by atoms with E-state index in [1.54, 1.807) is 6.20 Å². The number of hydrogen-bond donors (Lipinski definition) is 1. The minimum atomic E-state index is 0.610. The molecule has 2 heterocycles. The fourth-order valence-electron chi connectivity index (χ4n) is 1.94. The minimum absolute atomic E-state index is 0.610. The Bertz CT molecular complexity index is 551. The van der Waals surface area contributed by atoms with Crippen LogP contribution in [-0.2, 0) is 13.1 Å². The molecule has 2 rings (SSSR count). The third kappa shape index (κ3) is 3.81. The van der Waals surface area contributed by atoms with Crippen molar-refractivity contribution in [3.63, 3.8) is 0 Å². The number of nitrogens with zero attached hydrogens (tertiary/aromatic N) is 3. The number of hydrogen-bond acceptors (Lipinski definition) is 4. The Kier molecular flexibility index (Phi) is 5.12. The number of rotatable bonds is 7. The van der Waals surface area contributed by atoms with Gasteiger partial charge in [0.05, 0.1) is 12.4 Å². The molecule has 0 fully saturated rings. The molecule has 0 saturated heterocycles. The van der Waals surface area contributed by atoms with Gasteiger partial charge in [0, 0.05) is 24.8 Å². The van der Waals surface area contributed by atoms with Gasteiger partial charge >= 0.3 is 0 Å². The molecule has 0 aliphatic rings. The van der Waals surface area contributed by atoms with Crippen molar-refractivity contribution in [3.8, 4) is 11.6 Å². The van der Waals surface area contributed by atoms with Crippen LogP contribution in [0.25, 0.3) is 0 Å². The van der Waals surface area contributed by atoms with Crippen LogP contribution in [0.5, 0.6) is 11.6 Å². The second-order valence-corrected chi connectivity index (χ2v) is 4.72. The lowest BCUT2D eigenvalue weighted by Gasteiger charge is -2.08. The summed E-state index contributed by atoms with van der Waals surface area (Å²) in [5, 5.41) is 7.53. The normalized spacial score (nSPS) is 10.8. The van der Waals surface area contributed by atoms with Crippen molar-refractivity contribution < 1.29 is 4.74 Å². The Labute approximate surface area is 120 Å². The fourth-order valence-corrected chi connectivity index (χ4v) is 1.94. The summed E-state index contributed by atoms with van der Waals surface area (Å²) >= 11 is 0. The van der Waals surface area contributed by atoms with Crippen molar-refractivity contribution in [1.82, 2.24) is 20.1 Å². The zero-order valence-corrected chi connectivity index (χ0v) is 12.4. The van der Waals surface area contributed by atoms with E-state index in [9.17, 15) is 0 Å². The molecule has 2 aromatic rings. The minimum Gasteiger partial charge on any atom is -0.436 e. The molecule has 0 radical (unpaired) electrons. The second kappa shape index (κ2) is 7.05. The van der Waals surface area contributed by atoms with Crippen LogP contribution in [-0.4, -0.2) is 21.3 Å². The highest BCUT2D eigenvalue weighted by atomic mass is 16.5. The highest BCUT2D eigenvalue weighted by molar-refractivity contribution is 5.28. The Hall–Kier alpha value is -1.88. The van der Waals surface area contributed by atoms with Gasteiger partial charge in [-0.15, -0.1) is 0 Å². The smallest absolute Gasteiger partial charge is 0.219 e. The molecule has 0 aromatic carbocycles. The average Bonchev–Trinajstić information content (AvgIpc) is 2.86. The first kappa shape index (κ1) is 14.5. The molecule has 5 heteroatoms. The molecule has 20 heavy (non-hydrogen) atoms. The van der Waals surface area contributed by atoms with Gasteiger partial charge in [-0.05, 0) is 25.5 Å². The Morgan fingerprint density at radius 3 is 2.85 bits per heavy atom. The van der Waals surface area contributed by atoms with E-state index in [0.29, 0.717) is 5.88 Å². The van der Waals surface area contributed by atoms with Crippen LogP contribution in [0.15, 0.2) is 24.5 Å². The maximum absolute atomic E-state index is 5.73. The summed E-state index contributed by atoms with van der Waals surface area (Å²) < 4.78 is 7.61. The summed E-state index contributed by atoms with van der Waals surface area (Å²) in [7, 11) is 0. The average molecular weight is 274 g/mol. The molecule has 0 unspecified atom stereocenters. The lowest BCUT2D eigenvalue weighted by atomic mass is 10.2. The summed E-state index contributed by atoms with van der Waals surface area (Å²) in [5.41, 5.74) is 2.19.